The molecular weight excluding hydrogens is 265 g/mol. The Kier molecular flexibility index (Phi) is 4.09. The number of benzene rings is 1. The van der Waals surface area contributed by atoms with Crippen LogP contribution in [0.2, 0.25) is 0 Å². The predicted octanol–water partition coefficient (Wildman–Crippen LogP) is 1.12. The Labute approximate surface area is 113 Å². The number of nitrogens with one attached hydrogen (secondary N) is 2. The number of hydrogen-bond acceptors (Lipinski definition) is 4. The molecule has 1 heterocycles. The van der Waals surface area contributed by atoms with Crippen LogP contribution >= 0.6 is 0 Å². The fourth-order valence-corrected chi connectivity index (χ4v) is 1.53. The lowest BCUT2D eigenvalue weighted by molar-refractivity contribution is -0.139. The molecule has 7 heteroatoms. The normalized spacial score (nSPS) is 10.1. The molecule has 104 valence electrons. The van der Waals surface area contributed by atoms with Gasteiger partial charge in [-0.1, -0.05) is 0 Å². The lowest BCUT2D eigenvalue weighted by Crippen LogP contribution is -2.30. The Morgan fingerprint density at radius 2 is 2.05 bits per heavy atom. The molecule has 0 unspecified atom stereocenters. The molecule has 0 aliphatic heterocycles. The smallest absolute Gasteiger partial charge is 0.325 e. The number of rotatable bonds is 4. The third-order valence-electron chi connectivity index (χ3n) is 2.58. The number of hydrogen-bond donors (Lipinski definition) is 2. The lowest BCUT2D eigenvalue weighted by Gasteiger charge is -2.00. The highest BCUT2D eigenvalue weighted by Gasteiger charge is 2.12. The van der Waals surface area contributed by atoms with Gasteiger partial charge in [-0.2, -0.15) is 5.10 Å². The Morgan fingerprint density at radius 3 is 2.70 bits per heavy atom. The first kappa shape index (κ1) is 13.7. The summed E-state index contributed by atoms with van der Waals surface area (Å²) in [5.41, 5.74) is 1.39. The van der Waals surface area contributed by atoms with Gasteiger partial charge in [0.25, 0.3) is 5.91 Å². The van der Waals surface area contributed by atoms with Crippen molar-refractivity contribution in [2.75, 3.05) is 13.7 Å². The van der Waals surface area contributed by atoms with Crippen LogP contribution in [0, 0.1) is 5.82 Å². The third kappa shape index (κ3) is 3.19. The zero-order chi connectivity index (χ0) is 14.5. The van der Waals surface area contributed by atoms with Crippen LogP contribution in [-0.2, 0) is 9.53 Å². The van der Waals surface area contributed by atoms with E-state index in [4.69, 9.17) is 0 Å². The average Bonchev–Trinajstić information content (AvgIpc) is 2.95. The standard InChI is InChI=1S/C13H12FN3O3/c1-20-12(18)7-15-13(19)11-6-10(16-17-11)8-2-4-9(14)5-3-8/h2-6H,7H2,1H3,(H,15,19)(H,16,17). The van der Waals surface area contributed by atoms with Gasteiger partial charge < -0.3 is 10.1 Å². The number of nitrogens with zero attached hydrogens (tertiary/aromatic N) is 1. The van der Waals surface area contributed by atoms with Gasteiger partial charge in [0, 0.05) is 5.56 Å². The van der Waals surface area contributed by atoms with Crippen molar-refractivity contribution >= 4 is 11.9 Å². The largest absolute Gasteiger partial charge is 0.468 e. The van der Waals surface area contributed by atoms with Crippen LogP contribution in [0.25, 0.3) is 11.3 Å². The quantitative estimate of drug-likeness (QED) is 0.820. The summed E-state index contributed by atoms with van der Waals surface area (Å²) in [4.78, 5) is 22.6. The third-order valence-corrected chi connectivity index (χ3v) is 2.58. The van der Waals surface area contributed by atoms with Crippen molar-refractivity contribution in [1.29, 1.82) is 0 Å². The summed E-state index contributed by atoms with van der Waals surface area (Å²) in [5, 5.41) is 8.89. The number of carbonyl (C=O) groups is 2. The molecule has 0 aliphatic rings. The number of aromatic nitrogens is 2. The van der Waals surface area contributed by atoms with Crippen molar-refractivity contribution in [3.8, 4) is 11.3 Å². The summed E-state index contributed by atoms with van der Waals surface area (Å²) in [6.07, 6.45) is 0. The number of halogens is 1. The van der Waals surface area contributed by atoms with Crippen molar-refractivity contribution in [2.45, 2.75) is 0 Å². The van der Waals surface area contributed by atoms with Gasteiger partial charge in [0.1, 0.15) is 18.1 Å². The Balaban J connectivity index is 2.06. The molecule has 0 aliphatic carbocycles. The first-order chi connectivity index (χ1) is 9.60. The fourth-order valence-electron chi connectivity index (χ4n) is 1.53. The van der Waals surface area contributed by atoms with Crippen LogP contribution in [-0.4, -0.2) is 35.7 Å². The van der Waals surface area contributed by atoms with E-state index < -0.39 is 11.9 Å². The number of aromatic amines is 1. The fraction of sp³-hybridized carbons (Fsp3) is 0.154. The molecule has 6 nitrogen and oxygen atoms in total. The lowest BCUT2D eigenvalue weighted by atomic mass is 10.1. The van der Waals surface area contributed by atoms with Gasteiger partial charge >= 0.3 is 5.97 Å². The van der Waals surface area contributed by atoms with E-state index in [1.807, 2.05) is 0 Å². The van der Waals surface area contributed by atoms with Crippen LogP contribution in [0.5, 0.6) is 0 Å². The maximum absolute atomic E-state index is 12.8. The topological polar surface area (TPSA) is 84.1 Å². The monoisotopic (exact) mass is 277 g/mol. The number of carbonyl (C=O) groups excluding carboxylic acids is 2. The number of methoxy groups -OCH3 is 1. The van der Waals surface area contributed by atoms with Crippen LogP contribution in [0.15, 0.2) is 30.3 Å². The summed E-state index contributed by atoms with van der Waals surface area (Å²) < 4.78 is 17.2. The molecule has 20 heavy (non-hydrogen) atoms. The molecule has 0 fully saturated rings. The van der Waals surface area contributed by atoms with E-state index in [1.54, 1.807) is 12.1 Å². The van der Waals surface area contributed by atoms with E-state index >= 15 is 0 Å². The summed E-state index contributed by atoms with van der Waals surface area (Å²) in [6, 6.07) is 7.24. The molecule has 1 amide bonds. The van der Waals surface area contributed by atoms with Crippen molar-refractivity contribution in [3.05, 3.63) is 41.8 Å². The highest BCUT2D eigenvalue weighted by Crippen LogP contribution is 2.17. The Bertz CT molecular complexity index is 622. The van der Waals surface area contributed by atoms with E-state index in [1.165, 1.54) is 25.3 Å². The van der Waals surface area contributed by atoms with Gasteiger partial charge in [0.15, 0.2) is 0 Å². The number of ether oxygens (including phenoxy) is 1. The molecule has 2 rings (SSSR count). The zero-order valence-corrected chi connectivity index (χ0v) is 10.6. The molecule has 0 spiro atoms. The first-order valence-electron chi connectivity index (χ1n) is 5.76. The second-order valence-corrected chi connectivity index (χ2v) is 3.93. The van der Waals surface area contributed by atoms with Gasteiger partial charge in [-0.3, -0.25) is 14.7 Å². The maximum atomic E-state index is 12.8. The van der Waals surface area contributed by atoms with Gasteiger partial charge in [0.2, 0.25) is 0 Å². The summed E-state index contributed by atoms with van der Waals surface area (Å²) in [6.45, 7) is -0.222. The predicted molar refractivity (Wildman–Crippen MR) is 68.3 cm³/mol. The number of esters is 1. The second-order valence-electron chi connectivity index (χ2n) is 3.93. The van der Waals surface area contributed by atoms with Crippen LogP contribution in [0.1, 0.15) is 10.5 Å². The Morgan fingerprint density at radius 1 is 1.35 bits per heavy atom. The number of amides is 1. The molecule has 1 aromatic heterocycles. The van der Waals surface area contributed by atoms with Crippen molar-refractivity contribution < 1.29 is 18.7 Å². The maximum Gasteiger partial charge on any atom is 0.325 e. The minimum absolute atomic E-state index is 0.202. The van der Waals surface area contributed by atoms with Crippen LogP contribution in [0.3, 0.4) is 0 Å². The summed E-state index contributed by atoms with van der Waals surface area (Å²) in [7, 11) is 1.23. The molecule has 0 bridgehead atoms. The average molecular weight is 277 g/mol. The van der Waals surface area contributed by atoms with Gasteiger partial charge in [0.05, 0.1) is 12.8 Å². The highest BCUT2D eigenvalue weighted by atomic mass is 19.1. The SMILES string of the molecule is COC(=O)CNC(=O)c1cc(-c2ccc(F)cc2)n[nH]1. The molecule has 2 aromatic rings. The van der Waals surface area contributed by atoms with E-state index in [2.05, 4.69) is 20.3 Å². The summed E-state index contributed by atoms with van der Waals surface area (Å²) in [5.74, 6) is -1.37. The van der Waals surface area contributed by atoms with Crippen molar-refractivity contribution in [3.63, 3.8) is 0 Å². The Hall–Kier alpha value is -2.70. The van der Waals surface area contributed by atoms with E-state index in [-0.39, 0.29) is 18.1 Å². The molecule has 0 radical (unpaired) electrons. The second kappa shape index (κ2) is 5.96. The van der Waals surface area contributed by atoms with E-state index in [0.717, 1.165) is 0 Å². The first-order valence-corrected chi connectivity index (χ1v) is 5.76. The minimum atomic E-state index is -0.545. The van der Waals surface area contributed by atoms with Gasteiger partial charge in [-0.05, 0) is 30.3 Å². The summed E-state index contributed by atoms with van der Waals surface area (Å²) >= 11 is 0. The van der Waals surface area contributed by atoms with Crippen molar-refractivity contribution in [2.24, 2.45) is 0 Å². The minimum Gasteiger partial charge on any atom is -0.468 e. The van der Waals surface area contributed by atoms with Crippen LogP contribution in [0.4, 0.5) is 4.39 Å². The van der Waals surface area contributed by atoms with Crippen molar-refractivity contribution in [1.82, 2.24) is 15.5 Å². The molecule has 0 saturated heterocycles. The van der Waals surface area contributed by atoms with Gasteiger partial charge in [-0.15, -0.1) is 0 Å². The molecule has 1 aromatic carbocycles. The zero-order valence-electron chi connectivity index (χ0n) is 10.6. The van der Waals surface area contributed by atoms with Gasteiger partial charge in [-0.25, -0.2) is 4.39 Å². The molecular formula is C13H12FN3O3. The van der Waals surface area contributed by atoms with E-state index in [9.17, 15) is 14.0 Å². The number of H-pyrrole nitrogens is 1. The van der Waals surface area contributed by atoms with E-state index in [0.29, 0.717) is 11.3 Å². The molecule has 0 saturated carbocycles. The highest BCUT2D eigenvalue weighted by molar-refractivity contribution is 5.95. The molecule has 2 N–H and O–H groups in total. The van der Waals surface area contributed by atoms with Crippen LogP contribution < -0.4 is 5.32 Å². The molecule has 0 atom stereocenters.